The summed E-state index contributed by atoms with van der Waals surface area (Å²) in [6.45, 7) is 0.627. The van der Waals surface area contributed by atoms with E-state index in [1.807, 2.05) is 41.3 Å². The van der Waals surface area contributed by atoms with Gasteiger partial charge in [0.2, 0.25) is 0 Å². The summed E-state index contributed by atoms with van der Waals surface area (Å²) in [4.78, 5) is 28.2. The minimum absolute atomic E-state index is 0.147. The monoisotopic (exact) mass is 448 g/mol. The van der Waals surface area contributed by atoms with E-state index in [1.54, 1.807) is 28.8 Å². The summed E-state index contributed by atoms with van der Waals surface area (Å²) in [6.07, 6.45) is 0. The van der Waals surface area contributed by atoms with Crippen molar-refractivity contribution in [3.8, 4) is 11.1 Å². The van der Waals surface area contributed by atoms with Gasteiger partial charge in [0.15, 0.2) is 0 Å². The molecule has 1 saturated heterocycles. The number of halogens is 1. The number of fused-ring (bicyclic) bond motifs is 3. The molecule has 6 nitrogen and oxygen atoms in total. The highest BCUT2D eigenvalue weighted by Gasteiger charge is 2.56. The normalized spacial score (nSPS) is 23.8. The number of nitrogens with zero attached hydrogens (tertiary/aromatic N) is 2. The molecular formula is C26H25FN2O4. The number of aromatic nitrogens is 1. The lowest BCUT2D eigenvalue weighted by Crippen LogP contribution is -2.43. The first-order valence-electron chi connectivity index (χ1n) is 11.0. The minimum atomic E-state index is -0.620. The highest BCUT2D eigenvalue weighted by atomic mass is 19.1. The number of likely N-dealkylation sites (tertiary alicyclic amines) is 1. The van der Waals surface area contributed by atoms with Gasteiger partial charge in [-0.25, -0.2) is 4.39 Å². The lowest BCUT2D eigenvalue weighted by Gasteiger charge is -2.30. The Morgan fingerprint density at radius 2 is 1.79 bits per heavy atom. The second kappa shape index (κ2) is 8.57. The van der Waals surface area contributed by atoms with E-state index in [2.05, 4.69) is 0 Å². The second-order valence-electron chi connectivity index (χ2n) is 8.65. The molecule has 0 amide bonds. The van der Waals surface area contributed by atoms with E-state index >= 15 is 0 Å². The summed E-state index contributed by atoms with van der Waals surface area (Å²) in [7, 11) is 1.35. The van der Waals surface area contributed by atoms with Crippen molar-refractivity contribution in [1.82, 2.24) is 9.47 Å². The van der Waals surface area contributed by atoms with Crippen LogP contribution in [0.25, 0.3) is 11.1 Å². The predicted octanol–water partition coefficient (Wildman–Crippen LogP) is 2.99. The first-order valence-corrected chi connectivity index (χ1v) is 11.0. The summed E-state index contributed by atoms with van der Waals surface area (Å²) in [5, 5.41) is 10.3. The summed E-state index contributed by atoms with van der Waals surface area (Å²) in [6, 6.07) is 18.7. The quantitative estimate of drug-likeness (QED) is 0.608. The summed E-state index contributed by atoms with van der Waals surface area (Å²) in [5.74, 6) is -1.37. The van der Waals surface area contributed by atoms with E-state index in [0.29, 0.717) is 18.7 Å². The number of aliphatic hydroxyl groups excluding tert-OH is 1. The van der Waals surface area contributed by atoms with Gasteiger partial charge in [0, 0.05) is 42.8 Å². The van der Waals surface area contributed by atoms with Crippen molar-refractivity contribution in [3.05, 3.63) is 94.2 Å². The van der Waals surface area contributed by atoms with E-state index in [4.69, 9.17) is 4.74 Å². The molecular weight excluding hydrogens is 423 g/mol. The molecule has 5 rings (SSSR count). The minimum Gasteiger partial charge on any atom is -0.468 e. The fraction of sp³-hybridized carbons (Fsp3) is 0.308. The predicted molar refractivity (Wildman–Crippen MR) is 121 cm³/mol. The van der Waals surface area contributed by atoms with Crippen LogP contribution < -0.4 is 5.56 Å². The SMILES string of the molecule is COC(=O)[C@@H]1[C@@H](CO)[C@@H]2Cn3c(ccc(-c4ccccc4F)c3=O)[C@@H]2N1Cc1ccccc1. The van der Waals surface area contributed by atoms with Crippen molar-refractivity contribution in [2.24, 2.45) is 11.8 Å². The number of pyridine rings is 1. The molecule has 0 radical (unpaired) electrons. The van der Waals surface area contributed by atoms with Gasteiger partial charge >= 0.3 is 5.97 Å². The first kappa shape index (κ1) is 21.6. The maximum atomic E-state index is 14.4. The molecule has 170 valence electrons. The van der Waals surface area contributed by atoms with Crippen LogP contribution in [0, 0.1) is 17.7 Å². The van der Waals surface area contributed by atoms with Crippen LogP contribution in [0.1, 0.15) is 17.3 Å². The van der Waals surface area contributed by atoms with E-state index in [1.165, 1.54) is 13.2 Å². The lowest BCUT2D eigenvalue weighted by atomic mass is 9.88. The molecule has 0 saturated carbocycles. The molecule has 1 aromatic heterocycles. The number of benzene rings is 2. The van der Waals surface area contributed by atoms with Gasteiger partial charge < -0.3 is 14.4 Å². The number of rotatable bonds is 5. The van der Waals surface area contributed by atoms with E-state index in [-0.39, 0.29) is 35.6 Å². The van der Waals surface area contributed by atoms with Crippen LogP contribution in [0.2, 0.25) is 0 Å². The van der Waals surface area contributed by atoms with Gasteiger partial charge in [-0.1, -0.05) is 48.5 Å². The average molecular weight is 448 g/mol. The molecule has 1 fully saturated rings. The highest BCUT2D eigenvalue weighted by molar-refractivity contribution is 5.77. The molecule has 2 aliphatic rings. The smallest absolute Gasteiger partial charge is 0.323 e. The zero-order valence-corrected chi connectivity index (χ0v) is 18.2. The summed E-state index contributed by atoms with van der Waals surface area (Å²) in [5.41, 5.74) is 2.09. The third kappa shape index (κ3) is 3.48. The first-order chi connectivity index (χ1) is 16.0. The highest BCUT2D eigenvalue weighted by Crippen LogP contribution is 2.50. The Bertz CT molecular complexity index is 1240. The van der Waals surface area contributed by atoms with Crippen LogP contribution in [-0.4, -0.2) is 40.3 Å². The maximum absolute atomic E-state index is 14.4. The number of esters is 1. The summed E-state index contributed by atoms with van der Waals surface area (Å²) < 4.78 is 21.2. The Balaban J connectivity index is 1.61. The molecule has 2 aromatic carbocycles. The molecule has 0 spiro atoms. The Hall–Kier alpha value is -3.29. The van der Waals surface area contributed by atoms with Gasteiger partial charge in [-0.05, 0) is 23.8 Å². The van der Waals surface area contributed by atoms with Crippen molar-refractivity contribution in [2.45, 2.75) is 25.2 Å². The second-order valence-corrected chi connectivity index (χ2v) is 8.65. The Kier molecular flexibility index (Phi) is 5.60. The van der Waals surface area contributed by atoms with Gasteiger partial charge in [0.05, 0.1) is 18.7 Å². The van der Waals surface area contributed by atoms with E-state index < -0.39 is 17.8 Å². The number of hydrogen-bond donors (Lipinski definition) is 1. The van der Waals surface area contributed by atoms with Gasteiger partial charge in [-0.2, -0.15) is 0 Å². The van der Waals surface area contributed by atoms with Crippen LogP contribution >= 0.6 is 0 Å². The fourth-order valence-electron chi connectivity index (χ4n) is 5.55. The maximum Gasteiger partial charge on any atom is 0.323 e. The van der Waals surface area contributed by atoms with Gasteiger partial charge in [0.1, 0.15) is 11.9 Å². The van der Waals surface area contributed by atoms with E-state index in [0.717, 1.165) is 11.3 Å². The Morgan fingerprint density at radius 1 is 1.06 bits per heavy atom. The molecule has 4 atom stereocenters. The molecule has 0 bridgehead atoms. The number of methoxy groups -OCH3 is 1. The molecule has 1 N–H and O–H groups in total. The standard InChI is InChI=1S/C26H25FN2O4/c1-33-26(32)24-20(15-30)19-14-28-22(23(19)29(24)13-16-7-3-2-4-8-16)12-11-18(25(28)31)17-9-5-6-10-21(17)27/h2-12,19-20,23-24,30H,13-15H2,1H3/t19-,20-,23+,24-/m0/s1. The summed E-state index contributed by atoms with van der Waals surface area (Å²) >= 11 is 0. The third-order valence-electron chi connectivity index (χ3n) is 7.01. The largest absolute Gasteiger partial charge is 0.468 e. The van der Waals surface area contributed by atoms with Gasteiger partial charge in [-0.3, -0.25) is 14.5 Å². The van der Waals surface area contributed by atoms with Crippen molar-refractivity contribution < 1.29 is 19.0 Å². The van der Waals surface area contributed by atoms with Crippen LogP contribution in [0.15, 0.2) is 71.5 Å². The lowest BCUT2D eigenvalue weighted by molar-refractivity contribution is -0.148. The van der Waals surface area contributed by atoms with Crippen molar-refractivity contribution in [3.63, 3.8) is 0 Å². The number of aliphatic hydroxyl groups is 1. The molecule has 0 unspecified atom stereocenters. The number of carbonyl (C=O) groups excluding carboxylic acids is 1. The third-order valence-corrected chi connectivity index (χ3v) is 7.01. The van der Waals surface area contributed by atoms with Crippen LogP contribution in [-0.2, 0) is 22.6 Å². The Morgan fingerprint density at radius 3 is 2.48 bits per heavy atom. The molecule has 3 aromatic rings. The molecule has 3 heterocycles. The van der Waals surface area contributed by atoms with Crippen molar-refractivity contribution in [2.75, 3.05) is 13.7 Å². The fourth-order valence-corrected chi connectivity index (χ4v) is 5.55. The number of carbonyl (C=O) groups is 1. The van der Waals surface area contributed by atoms with Gasteiger partial charge in [0.25, 0.3) is 5.56 Å². The Labute approximate surface area is 190 Å². The molecule has 2 aliphatic heterocycles. The molecule has 33 heavy (non-hydrogen) atoms. The topological polar surface area (TPSA) is 71.8 Å². The number of hydrogen-bond acceptors (Lipinski definition) is 5. The average Bonchev–Trinajstić information content (AvgIpc) is 3.36. The zero-order valence-electron chi connectivity index (χ0n) is 18.2. The zero-order chi connectivity index (χ0) is 23.1. The number of ether oxygens (including phenoxy) is 1. The van der Waals surface area contributed by atoms with Crippen LogP contribution in [0.5, 0.6) is 0 Å². The van der Waals surface area contributed by atoms with E-state index in [9.17, 15) is 19.1 Å². The van der Waals surface area contributed by atoms with Crippen molar-refractivity contribution >= 4 is 5.97 Å². The van der Waals surface area contributed by atoms with Crippen LogP contribution in [0.3, 0.4) is 0 Å². The van der Waals surface area contributed by atoms with Gasteiger partial charge in [-0.15, -0.1) is 0 Å². The molecule has 0 aliphatic carbocycles. The van der Waals surface area contributed by atoms with Crippen LogP contribution in [0.4, 0.5) is 4.39 Å². The van der Waals surface area contributed by atoms with Crippen molar-refractivity contribution in [1.29, 1.82) is 0 Å². The molecule has 7 heteroatoms.